The van der Waals surface area contributed by atoms with Gasteiger partial charge in [0.2, 0.25) is 0 Å². The van der Waals surface area contributed by atoms with Gasteiger partial charge in [0.05, 0.1) is 5.60 Å². The average molecular weight is 302 g/mol. The van der Waals surface area contributed by atoms with Gasteiger partial charge in [0, 0.05) is 24.2 Å². The molecule has 5 nitrogen and oxygen atoms in total. The Hall–Kier alpha value is -1.88. The molecule has 118 valence electrons. The zero-order valence-corrected chi connectivity index (χ0v) is 12.7. The number of urea groups is 1. The maximum atomic E-state index is 11.9. The third kappa shape index (κ3) is 3.30. The Morgan fingerprint density at radius 2 is 1.95 bits per heavy atom. The second-order valence-corrected chi connectivity index (χ2v) is 6.39. The van der Waals surface area contributed by atoms with Crippen molar-refractivity contribution in [2.45, 2.75) is 50.5 Å². The quantitative estimate of drug-likeness (QED) is 0.803. The number of aliphatic hydroxyl groups is 1. The van der Waals surface area contributed by atoms with Gasteiger partial charge in [0.15, 0.2) is 5.78 Å². The van der Waals surface area contributed by atoms with Gasteiger partial charge in [-0.1, -0.05) is 18.9 Å². The summed E-state index contributed by atoms with van der Waals surface area (Å²) in [5, 5.41) is 15.7. The van der Waals surface area contributed by atoms with Crippen LogP contribution in [0.2, 0.25) is 0 Å². The Bertz CT molecular complexity index is 592. The molecule has 0 unspecified atom stereocenters. The predicted molar refractivity (Wildman–Crippen MR) is 84.1 cm³/mol. The topological polar surface area (TPSA) is 78.4 Å². The predicted octanol–water partition coefficient (Wildman–Crippen LogP) is 2.63. The molecule has 1 fully saturated rings. The number of benzene rings is 1. The number of rotatable bonds is 3. The number of ketones is 1. The van der Waals surface area contributed by atoms with Crippen LogP contribution in [-0.4, -0.2) is 29.1 Å². The molecule has 22 heavy (non-hydrogen) atoms. The normalized spacial score (nSPS) is 19.6. The van der Waals surface area contributed by atoms with E-state index in [4.69, 9.17) is 0 Å². The third-order valence-corrected chi connectivity index (χ3v) is 4.63. The number of carbonyl (C=O) groups excluding carboxylic acids is 2. The summed E-state index contributed by atoms with van der Waals surface area (Å²) in [6, 6.07) is 5.14. The molecule has 2 aliphatic carbocycles. The Balaban J connectivity index is 1.59. The number of hydrogen-bond donors (Lipinski definition) is 3. The van der Waals surface area contributed by atoms with Crippen molar-refractivity contribution in [2.24, 2.45) is 0 Å². The van der Waals surface area contributed by atoms with Crippen LogP contribution in [0, 0.1) is 0 Å². The van der Waals surface area contributed by atoms with Gasteiger partial charge in [-0.3, -0.25) is 4.79 Å². The highest BCUT2D eigenvalue weighted by atomic mass is 16.3. The molecule has 3 rings (SSSR count). The molecule has 0 radical (unpaired) electrons. The van der Waals surface area contributed by atoms with Gasteiger partial charge in [0.1, 0.15) is 0 Å². The van der Waals surface area contributed by atoms with Gasteiger partial charge >= 0.3 is 6.03 Å². The number of carbonyl (C=O) groups is 2. The van der Waals surface area contributed by atoms with E-state index in [1.54, 1.807) is 6.07 Å². The van der Waals surface area contributed by atoms with Crippen molar-refractivity contribution in [2.75, 3.05) is 11.9 Å². The Morgan fingerprint density at radius 3 is 2.73 bits per heavy atom. The molecule has 0 saturated heterocycles. The van der Waals surface area contributed by atoms with Gasteiger partial charge in [-0.2, -0.15) is 0 Å². The highest BCUT2D eigenvalue weighted by Crippen LogP contribution is 2.28. The van der Waals surface area contributed by atoms with Gasteiger partial charge in [-0.25, -0.2) is 4.79 Å². The molecule has 0 heterocycles. The molecule has 2 amide bonds. The molecule has 0 bridgehead atoms. The second kappa shape index (κ2) is 6.08. The lowest BCUT2D eigenvalue weighted by Crippen LogP contribution is -2.42. The third-order valence-electron chi connectivity index (χ3n) is 4.63. The molecule has 1 aromatic rings. The minimum absolute atomic E-state index is 0.144. The fraction of sp³-hybridized carbons (Fsp3) is 0.529. The van der Waals surface area contributed by atoms with Crippen molar-refractivity contribution < 1.29 is 14.7 Å². The van der Waals surface area contributed by atoms with E-state index in [2.05, 4.69) is 10.6 Å². The van der Waals surface area contributed by atoms with Gasteiger partial charge in [-0.15, -0.1) is 0 Å². The second-order valence-electron chi connectivity index (χ2n) is 6.39. The van der Waals surface area contributed by atoms with Crippen molar-refractivity contribution >= 4 is 17.5 Å². The van der Waals surface area contributed by atoms with Crippen LogP contribution < -0.4 is 10.6 Å². The lowest BCUT2D eigenvalue weighted by molar-refractivity contribution is 0.0506. The van der Waals surface area contributed by atoms with Crippen LogP contribution in [0.3, 0.4) is 0 Å². The Labute approximate surface area is 130 Å². The number of Topliss-reactive ketones (excluding diaryl/α,β-unsaturated/α-hetero) is 1. The van der Waals surface area contributed by atoms with Gasteiger partial charge in [-0.05, 0) is 43.4 Å². The van der Waals surface area contributed by atoms with E-state index in [-0.39, 0.29) is 18.4 Å². The molecule has 0 atom stereocenters. The average Bonchev–Trinajstić information content (AvgIpc) is 2.94. The van der Waals surface area contributed by atoms with E-state index in [1.165, 1.54) is 0 Å². The van der Waals surface area contributed by atoms with Crippen molar-refractivity contribution in [1.29, 1.82) is 0 Å². The van der Waals surface area contributed by atoms with E-state index in [0.717, 1.165) is 49.7 Å². The maximum Gasteiger partial charge on any atom is 0.319 e. The van der Waals surface area contributed by atoms with E-state index >= 15 is 0 Å². The summed E-state index contributed by atoms with van der Waals surface area (Å²) in [6.07, 6.45) is 5.88. The van der Waals surface area contributed by atoms with E-state index in [9.17, 15) is 14.7 Å². The molecule has 0 spiro atoms. The summed E-state index contributed by atoms with van der Waals surface area (Å²) >= 11 is 0. The van der Waals surface area contributed by atoms with Crippen LogP contribution in [0.5, 0.6) is 0 Å². The van der Waals surface area contributed by atoms with Crippen LogP contribution in [0.15, 0.2) is 18.2 Å². The lowest BCUT2D eigenvalue weighted by Gasteiger charge is -2.22. The summed E-state index contributed by atoms with van der Waals surface area (Å²) in [5.41, 5.74) is 1.63. The summed E-state index contributed by atoms with van der Waals surface area (Å²) in [5.74, 6) is 0.144. The smallest absolute Gasteiger partial charge is 0.319 e. The molecule has 0 aromatic heterocycles. The first-order valence-electron chi connectivity index (χ1n) is 7.99. The number of fused-ring (bicyclic) bond motifs is 1. The highest BCUT2D eigenvalue weighted by Gasteiger charge is 2.31. The number of anilines is 1. The van der Waals surface area contributed by atoms with Crippen LogP contribution >= 0.6 is 0 Å². The van der Waals surface area contributed by atoms with Crippen LogP contribution in [0.1, 0.15) is 54.4 Å². The van der Waals surface area contributed by atoms with E-state index in [0.29, 0.717) is 12.1 Å². The van der Waals surface area contributed by atoms with Crippen molar-refractivity contribution in [3.63, 3.8) is 0 Å². The minimum Gasteiger partial charge on any atom is -0.388 e. The van der Waals surface area contributed by atoms with Gasteiger partial charge in [0.25, 0.3) is 0 Å². The zero-order valence-electron chi connectivity index (χ0n) is 12.7. The summed E-state index contributed by atoms with van der Waals surface area (Å²) < 4.78 is 0. The lowest BCUT2D eigenvalue weighted by atomic mass is 9.90. The maximum absolute atomic E-state index is 11.9. The van der Waals surface area contributed by atoms with E-state index in [1.807, 2.05) is 12.1 Å². The number of aryl methyl sites for hydroxylation is 1. The minimum atomic E-state index is -0.761. The molecule has 1 aromatic carbocycles. The molecule has 5 heteroatoms. The SMILES string of the molecule is O=C(NCC1(O)CCCC1)Nc1ccc2c(c1)C(=O)CCC2. The summed E-state index contributed by atoms with van der Waals surface area (Å²) in [7, 11) is 0. The van der Waals surface area contributed by atoms with Crippen molar-refractivity contribution in [1.82, 2.24) is 5.32 Å². The Kier molecular flexibility index (Phi) is 4.16. The summed E-state index contributed by atoms with van der Waals surface area (Å²) in [6.45, 7) is 0.267. The first kappa shape index (κ1) is 15.0. The molecular weight excluding hydrogens is 280 g/mol. The first-order valence-corrected chi connectivity index (χ1v) is 7.99. The van der Waals surface area contributed by atoms with E-state index < -0.39 is 5.60 Å². The van der Waals surface area contributed by atoms with Crippen molar-refractivity contribution in [3.05, 3.63) is 29.3 Å². The fourth-order valence-electron chi connectivity index (χ4n) is 3.34. The number of nitrogens with one attached hydrogen (secondary N) is 2. The first-order chi connectivity index (χ1) is 10.6. The number of amides is 2. The standard InChI is InChI=1S/C17H22N2O3/c20-15-5-3-4-12-6-7-13(10-14(12)15)19-16(21)18-11-17(22)8-1-2-9-17/h6-7,10,22H,1-5,8-9,11H2,(H2,18,19,21). The largest absolute Gasteiger partial charge is 0.388 e. The molecular formula is C17H22N2O3. The van der Waals surface area contributed by atoms with Crippen LogP contribution in [0.25, 0.3) is 0 Å². The molecule has 0 aliphatic heterocycles. The van der Waals surface area contributed by atoms with Crippen LogP contribution in [-0.2, 0) is 6.42 Å². The molecule has 3 N–H and O–H groups in total. The Morgan fingerprint density at radius 1 is 1.18 bits per heavy atom. The van der Waals surface area contributed by atoms with Crippen LogP contribution in [0.4, 0.5) is 10.5 Å². The monoisotopic (exact) mass is 302 g/mol. The highest BCUT2D eigenvalue weighted by molar-refractivity contribution is 6.00. The molecule has 2 aliphatic rings. The fourth-order valence-corrected chi connectivity index (χ4v) is 3.34. The van der Waals surface area contributed by atoms with Gasteiger partial charge < -0.3 is 15.7 Å². The summed E-state index contributed by atoms with van der Waals surface area (Å²) in [4.78, 5) is 23.8. The zero-order chi connectivity index (χ0) is 15.6. The molecule has 1 saturated carbocycles. The van der Waals surface area contributed by atoms with Crippen molar-refractivity contribution in [3.8, 4) is 0 Å². The number of hydrogen-bond acceptors (Lipinski definition) is 3.